The lowest BCUT2D eigenvalue weighted by atomic mass is 10.9. The summed E-state index contributed by atoms with van der Waals surface area (Å²) in [4.78, 5) is 0. The van der Waals surface area contributed by atoms with Gasteiger partial charge in [0.25, 0.3) is 0 Å². The van der Waals surface area contributed by atoms with Crippen molar-refractivity contribution in [3.63, 3.8) is 0 Å². The Hall–Kier alpha value is 0.611. The van der Waals surface area contributed by atoms with Gasteiger partial charge in [0, 0.05) is 21.4 Å². The number of aliphatic hydroxyl groups is 1. The van der Waals surface area contributed by atoms with Gasteiger partial charge < -0.3 is 5.11 Å². The summed E-state index contributed by atoms with van der Waals surface area (Å²) in [6, 6.07) is 8.54. The maximum absolute atomic E-state index is 10.1. The molecule has 0 saturated heterocycles. The van der Waals surface area contributed by atoms with Crippen LogP contribution in [0.25, 0.3) is 0 Å². The molecule has 104 valence electrons. The zero-order chi connectivity index (χ0) is 13.5. The molecule has 1 N–H and O–H groups in total. The van der Waals surface area contributed by atoms with Crippen molar-refractivity contribution < 1.29 is 5.11 Å². The highest BCUT2D eigenvalue weighted by Gasteiger charge is 2.48. The molecule has 0 radical (unpaired) electrons. The average molecular weight is 291 g/mol. The highest BCUT2D eigenvalue weighted by Crippen LogP contribution is 2.34. The van der Waals surface area contributed by atoms with E-state index in [4.69, 9.17) is 0 Å². The Kier molecular flexibility index (Phi) is 8.20. The van der Waals surface area contributed by atoms with Gasteiger partial charge in [-0.15, -0.1) is 0 Å². The van der Waals surface area contributed by atoms with Crippen LogP contribution in [0, 0.1) is 0 Å². The standard InChI is InChI=1S/C13H34OSi3/c1-7-16(8-2,9-3)15(13-14)17(10-4,11-5)12-6/h14-15H,7-13H2,1-6H3. The lowest BCUT2D eigenvalue weighted by molar-refractivity contribution is 0.366. The summed E-state index contributed by atoms with van der Waals surface area (Å²) < 4.78 is 0. The Balaban J connectivity index is 5.39. The summed E-state index contributed by atoms with van der Waals surface area (Å²) in [5, 5.41) is 10.1. The first-order valence-corrected chi connectivity index (χ1v) is 17.3. The molecule has 0 aliphatic carbocycles. The van der Waals surface area contributed by atoms with Crippen LogP contribution in [-0.4, -0.2) is 34.4 Å². The maximum Gasteiger partial charge on any atom is 0.0583 e. The van der Waals surface area contributed by atoms with Crippen LogP contribution in [-0.2, 0) is 0 Å². The summed E-state index contributed by atoms with van der Waals surface area (Å²) in [6.07, 6.45) is 0.615. The van der Waals surface area contributed by atoms with Gasteiger partial charge in [-0.2, -0.15) is 0 Å². The molecule has 0 aromatic heterocycles. The van der Waals surface area contributed by atoms with Gasteiger partial charge in [0.05, 0.1) is 7.83 Å². The van der Waals surface area contributed by atoms with Gasteiger partial charge in [0.1, 0.15) is 0 Å². The molecule has 0 aliphatic rings. The first kappa shape index (κ1) is 17.6. The molecule has 0 heterocycles. The third-order valence-electron chi connectivity index (χ3n) is 5.89. The maximum atomic E-state index is 10.1. The largest absolute Gasteiger partial charge is 0.401 e. The van der Waals surface area contributed by atoms with Crippen LogP contribution in [0.15, 0.2) is 0 Å². The second-order valence-corrected chi connectivity index (χ2v) is 30.0. The molecule has 0 bridgehead atoms. The fraction of sp³-hybridized carbons (Fsp3) is 1.00. The summed E-state index contributed by atoms with van der Waals surface area (Å²) in [7, 11) is -3.07. The molecule has 0 unspecified atom stereocenters. The smallest absolute Gasteiger partial charge is 0.0583 e. The van der Waals surface area contributed by atoms with Gasteiger partial charge in [-0.3, -0.25) is 0 Å². The van der Waals surface area contributed by atoms with Crippen molar-refractivity contribution in [1.82, 2.24) is 0 Å². The molecule has 17 heavy (non-hydrogen) atoms. The Morgan fingerprint density at radius 3 is 1.00 bits per heavy atom. The van der Waals surface area contributed by atoms with Crippen molar-refractivity contribution in [1.29, 1.82) is 0 Å². The molecule has 0 atom stereocenters. The third-order valence-corrected chi connectivity index (χ3v) is 46.0. The number of aliphatic hydroxyl groups excluding tert-OH is 1. The van der Waals surface area contributed by atoms with Crippen molar-refractivity contribution in [3.05, 3.63) is 0 Å². The van der Waals surface area contributed by atoms with Crippen LogP contribution >= 0.6 is 0 Å². The van der Waals surface area contributed by atoms with E-state index in [2.05, 4.69) is 41.5 Å². The Bertz CT molecular complexity index is 164. The molecule has 0 aromatic carbocycles. The highest BCUT2D eigenvalue weighted by molar-refractivity contribution is 7.61. The van der Waals surface area contributed by atoms with Gasteiger partial charge in [-0.1, -0.05) is 77.8 Å². The second kappa shape index (κ2) is 7.92. The Labute approximate surface area is 112 Å². The van der Waals surface area contributed by atoms with Crippen molar-refractivity contribution in [2.75, 3.05) is 6.23 Å². The number of hydrogen-bond acceptors (Lipinski definition) is 1. The van der Waals surface area contributed by atoms with E-state index >= 15 is 0 Å². The Morgan fingerprint density at radius 2 is 0.882 bits per heavy atom. The van der Waals surface area contributed by atoms with Crippen LogP contribution < -0.4 is 0 Å². The predicted octanol–water partition coefficient (Wildman–Crippen LogP) is 3.92. The second-order valence-electron chi connectivity index (χ2n) is 5.58. The van der Waals surface area contributed by atoms with E-state index in [1.807, 2.05) is 0 Å². The van der Waals surface area contributed by atoms with E-state index in [9.17, 15) is 5.11 Å². The average Bonchev–Trinajstić information content (AvgIpc) is 2.40. The van der Waals surface area contributed by atoms with Gasteiger partial charge >= 0.3 is 0 Å². The molecule has 4 heteroatoms. The summed E-state index contributed by atoms with van der Waals surface area (Å²) >= 11 is 0. The van der Waals surface area contributed by atoms with E-state index in [0.29, 0.717) is 6.23 Å². The monoisotopic (exact) mass is 290 g/mol. The minimum absolute atomic E-state index is 0.615. The van der Waals surface area contributed by atoms with E-state index in [1.54, 1.807) is 0 Å². The molecule has 1 nitrogen and oxygen atoms in total. The fourth-order valence-electron chi connectivity index (χ4n) is 4.02. The highest BCUT2D eigenvalue weighted by atomic mass is 29.6. The predicted molar refractivity (Wildman–Crippen MR) is 88.6 cm³/mol. The SMILES string of the molecule is CC[Si](CC)(CC)[SiH](CO)[Si](CC)(CC)CC. The third kappa shape index (κ3) is 3.33. The van der Waals surface area contributed by atoms with Crippen molar-refractivity contribution >= 4 is 23.0 Å². The zero-order valence-corrected chi connectivity index (χ0v) is 16.1. The van der Waals surface area contributed by atoms with Crippen LogP contribution in [0.5, 0.6) is 0 Å². The van der Waals surface area contributed by atoms with Crippen molar-refractivity contribution in [2.45, 2.75) is 77.8 Å². The van der Waals surface area contributed by atoms with E-state index in [1.165, 1.54) is 36.3 Å². The van der Waals surface area contributed by atoms with E-state index in [0.717, 1.165) is 0 Å². The van der Waals surface area contributed by atoms with Crippen LogP contribution in [0.3, 0.4) is 0 Å². The molecule has 0 spiro atoms. The topological polar surface area (TPSA) is 20.2 Å². The van der Waals surface area contributed by atoms with Gasteiger partial charge in [0.15, 0.2) is 0 Å². The Morgan fingerprint density at radius 1 is 0.647 bits per heavy atom. The van der Waals surface area contributed by atoms with Crippen LogP contribution in [0.4, 0.5) is 0 Å². The molecule has 0 rings (SSSR count). The minimum Gasteiger partial charge on any atom is -0.401 e. The number of hydrogen-bond donors (Lipinski definition) is 1. The van der Waals surface area contributed by atoms with E-state index < -0.39 is 23.0 Å². The van der Waals surface area contributed by atoms with Crippen molar-refractivity contribution in [3.8, 4) is 0 Å². The molecule has 0 saturated carbocycles. The van der Waals surface area contributed by atoms with Gasteiger partial charge in [-0.05, 0) is 0 Å². The number of rotatable bonds is 9. The first-order valence-electron chi connectivity index (χ1n) is 7.67. The quantitative estimate of drug-likeness (QED) is 0.638. The molecular weight excluding hydrogens is 256 g/mol. The molecule has 0 aromatic rings. The zero-order valence-electron chi connectivity index (χ0n) is 13.0. The summed E-state index contributed by atoms with van der Waals surface area (Å²) in [5.41, 5.74) is 0. The molecule has 0 amide bonds. The molecular formula is C13H34OSi3. The first-order chi connectivity index (χ1) is 8.06. The van der Waals surface area contributed by atoms with Crippen molar-refractivity contribution in [2.24, 2.45) is 0 Å². The van der Waals surface area contributed by atoms with E-state index in [-0.39, 0.29) is 0 Å². The fourth-order valence-corrected chi connectivity index (χ4v) is 49.9. The molecule has 0 fully saturated rings. The lowest BCUT2D eigenvalue weighted by Gasteiger charge is -2.46. The summed E-state index contributed by atoms with van der Waals surface area (Å²) in [5.74, 6) is 0. The van der Waals surface area contributed by atoms with Crippen LogP contribution in [0.2, 0.25) is 36.3 Å². The lowest BCUT2D eigenvalue weighted by Crippen LogP contribution is -2.67. The normalized spacial score (nSPS) is 13.4. The van der Waals surface area contributed by atoms with Gasteiger partial charge in [-0.25, -0.2) is 0 Å². The molecule has 0 aliphatic heterocycles. The minimum atomic E-state index is -1.09. The van der Waals surface area contributed by atoms with Crippen LogP contribution in [0.1, 0.15) is 41.5 Å². The summed E-state index contributed by atoms with van der Waals surface area (Å²) in [6.45, 7) is 14.5. The van der Waals surface area contributed by atoms with Gasteiger partial charge in [0.2, 0.25) is 0 Å².